The van der Waals surface area contributed by atoms with E-state index in [4.69, 9.17) is 0 Å². The van der Waals surface area contributed by atoms with Crippen LogP contribution in [-0.2, 0) is 0 Å². The molecule has 0 aliphatic rings. The van der Waals surface area contributed by atoms with Gasteiger partial charge in [0.1, 0.15) is 0 Å². The summed E-state index contributed by atoms with van der Waals surface area (Å²) in [6, 6.07) is 72.4. The Morgan fingerprint density at radius 1 is 0.286 bits per heavy atom. The first-order valence-corrected chi connectivity index (χ1v) is 16.9. The number of nitrogens with zero attached hydrogens (tertiary/aromatic N) is 1. The van der Waals surface area contributed by atoms with Crippen molar-refractivity contribution in [2.75, 3.05) is 4.90 Å². The zero-order chi connectivity index (χ0) is 32.6. The second-order valence-corrected chi connectivity index (χ2v) is 12.5. The van der Waals surface area contributed by atoms with Crippen molar-refractivity contribution in [1.29, 1.82) is 0 Å². The van der Waals surface area contributed by atoms with Crippen molar-refractivity contribution < 1.29 is 0 Å². The number of hydrogen-bond donors (Lipinski definition) is 0. The van der Waals surface area contributed by atoms with Crippen LogP contribution in [0.25, 0.3) is 65.7 Å². The average Bonchev–Trinajstić information content (AvgIpc) is 3.18. The maximum atomic E-state index is 2.39. The molecule has 49 heavy (non-hydrogen) atoms. The van der Waals surface area contributed by atoms with Crippen molar-refractivity contribution in [3.8, 4) is 33.4 Å². The van der Waals surface area contributed by atoms with Gasteiger partial charge in [0.25, 0.3) is 0 Å². The molecule has 1 heteroatoms. The van der Waals surface area contributed by atoms with Crippen LogP contribution in [0.5, 0.6) is 0 Å². The van der Waals surface area contributed by atoms with Crippen LogP contribution in [0.15, 0.2) is 200 Å². The molecule has 0 bridgehead atoms. The highest BCUT2D eigenvalue weighted by Crippen LogP contribution is 2.44. The van der Waals surface area contributed by atoms with Crippen molar-refractivity contribution >= 4 is 49.4 Å². The molecule has 0 aliphatic carbocycles. The Kier molecular flexibility index (Phi) is 7.22. The molecular formula is C48H33N. The molecule has 0 atom stereocenters. The van der Waals surface area contributed by atoms with Gasteiger partial charge in [0.15, 0.2) is 0 Å². The minimum atomic E-state index is 1.11. The zero-order valence-electron chi connectivity index (χ0n) is 27.0. The predicted octanol–water partition coefficient (Wildman–Crippen LogP) is 13.6. The zero-order valence-corrected chi connectivity index (χ0v) is 27.0. The Labute approximate surface area is 287 Å². The SMILES string of the molecule is c1ccc(-c2cc(-c3cccc4ccc5ccccc5c34)ccc2N(c2ccccc2)c2ccc(-c3cccc4ccccc34)cc2)cc1. The third kappa shape index (κ3) is 5.23. The van der Waals surface area contributed by atoms with Crippen LogP contribution >= 0.6 is 0 Å². The van der Waals surface area contributed by atoms with Gasteiger partial charge in [-0.1, -0.05) is 164 Å². The van der Waals surface area contributed by atoms with Gasteiger partial charge in [0.05, 0.1) is 5.69 Å². The molecule has 0 saturated heterocycles. The minimum absolute atomic E-state index is 1.11. The van der Waals surface area contributed by atoms with Gasteiger partial charge in [-0.3, -0.25) is 0 Å². The summed E-state index contributed by atoms with van der Waals surface area (Å²) in [5.74, 6) is 0. The summed E-state index contributed by atoms with van der Waals surface area (Å²) in [6.45, 7) is 0. The van der Waals surface area contributed by atoms with Crippen molar-refractivity contribution in [3.05, 3.63) is 200 Å². The van der Waals surface area contributed by atoms with E-state index in [1.54, 1.807) is 0 Å². The Hall–Kier alpha value is -6.44. The summed E-state index contributed by atoms with van der Waals surface area (Å²) in [7, 11) is 0. The van der Waals surface area contributed by atoms with E-state index in [2.05, 4.69) is 205 Å². The molecule has 0 N–H and O–H groups in total. The molecule has 0 aromatic heterocycles. The van der Waals surface area contributed by atoms with Gasteiger partial charge in [-0.05, 0) is 96.5 Å². The first kappa shape index (κ1) is 28.8. The van der Waals surface area contributed by atoms with Gasteiger partial charge in [-0.25, -0.2) is 0 Å². The fraction of sp³-hybridized carbons (Fsp3) is 0. The second-order valence-electron chi connectivity index (χ2n) is 12.5. The van der Waals surface area contributed by atoms with Crippen LogP contribution in [0, 0.1) is 0 Å². The Bertz CT molecular complexity index is 2580. The van der Waals surface area contributed by atoms with Gasteiger partial charge >= 0.3 is 0 Å². The number of benzene rings is 9. The number of rotatable bonds is 6. The van der Waals surface area contributed by atoms with E-state index in [-0.39, 0.29) is 0 Å². The molecule has 1 nitrogen and oxygen atoms in total. The van der Waals surface area contributed by atoms with Gasteiger partial charge in [-0.15, -0.1) is 0 Å². The maximum absolute atomic E-state index is 2.39. The van der Waals surface area contributed by atoms with Crippen LogP contribution < -0.4 is 4.90 Å². The number of fused-ring (bicyclic) bond motifs is 4. The number of para-hydroxylation sites is 1. The third-order valence-electron chi connectivity index (χ3n) is 9.64. The van der Waals surface area contributed by atoms with E-state index in [1.165, 1.54) is 65.7 Å². The lowest BCUT2D eigenvalue weighted by Gasteiger charge is -2.28. The van der Waals surface area contributed by atoms with E-state index in [0.717, 1.165) is 17.1 Å². The van der Waals surface area contributed by atoms with E-state index in [9.17, 15) is 0 Å². The van der Waals surface area contributed by atoms with E-state index >= 15 is 0 Å². The second kappa shape index (κ2) is 12.3. The van der Waals surface area contributed by atoms with E-state index in [0.29, 0.717) is 0 Å². The highest BCUT2D eigenvalue weighted by molar-refractivity contribution is 6.14. The largest absolute Gasteiger partial charge is 0.310 e. The summed E-state index contributed by atoms with van der Waals surface area (Å²) >= 11 is 0. The lowest BCUT2D eigenvalue weighted by atomic mass is 9.91. The lowest BCUT2D eigenvalue weighted by Crippen LogP contribution is -2.11. The summed E-state index contributed by atoms with van der Waals surface area (Å²) < 4.78 is 0. The lowest BCUT2D eigenvalue weighted by molar-refractivity contribution is 1.28. The third-order valence-corrected chi connectivity index (χ3v) is 9.64. The van der Waals surface area contributed by atoms with Gasteiger partial charge in [-0.2, -0.15) is 0 Å². The minimum Gasteiger partial charge on any atom is -0.310 e. The highest BCUT2D eigenvalue weighted by atomic mass is 15.1. The Morgan fingerprint density at radius 2 is 0.816 bits per heavy atom. The van der Waals surface area contributed by atoms with Gasteiger partial charge in [0, 0.05) is 16.9 Å². The number of hydrogen-bond acceptors (Lipinski definition) is 1. The molecule has 0 unspecified atom stereocenters. The van der Waals surface area contributed by atoms with Crippen molar-refractivity contribution in [2.24, 2.45) is 0 Å². The van der Waals surface area contributed by atoms with Crippen molar-refractivity contribution in [1.82, 2.24) is 0 Å². The molecule has 0 spiro atoms. The maximum Gasteiger partial charge on any atom is 0.0540 e. The molecule has 9 rings (SSSR count). The average molecular weight is 624 g/mol. The predicted molar refractivity (Wildman–Crippen MR) is 210 cm³/mol. The smallest absolute Gasteiger partial charge is 0.0540 e. The highest BCUT2D eigenvalue weighted by Gasteiger charge is 2.19. The summed E-state index contributed by atoms with van der Waals surface area (Å²) in [5, 5.41) is 7.58. The Morgan fingerprint density at radius 3 is 1.59 bits per heavy atom. The molecule has 9 aromatic carbocycles. The normalized spacial score (nSPS) is 11.3. The number of anilines is 3. The van der Waals surface area contributed by atoms with Crippen LogP contribution in [-0.4, -0.2) is 0 Å². The van der Waals surface area contributed by atoms with Crippen LogP contribution in [0.1, 0.15) is 0 Å². The topological polar surface area (TPSA) is 3.24 Å². The molecule has 230 valence electrons. The van der Waals surface area contributed by atoms with E-state index < -0.39 is 0 Å². The van der Waals surface area contributed by atoms with Crippen LogP contribution in [0.3, 0.4) is 0 Å². The molecule has 0 amide bonds. The molecule has 0 radical (unpaired) electrons. The fourth-order valence-electron chi connectivity index (χ4n) is 7.32. The molecule has 9 aromatic rings. The molecule has 0 heterocycles. The quantitative estimate of drug-likeness (QED) is 0.167. The van der Waals surface area contributed by atoms with Crippen LogP contribution in [0.4, 0.5) is 17.1 Å². The Balaban J connectivity index is 1.23. The standard InChI is InChI=1S/C48H33N/c1-3-13-35(14-4-1)46-33-39(45-24-12-18-38-26-25-36-16-8-10-22-44(36)48(38)45)29-32-47(46)49(40-19-5-2-6-20-40)41-30-27-37(28-31-41)43-23-11-17-34-15-7-9-21-42(34)43/h1-33H. The molecular weight excluding hydrogens is 591 g/mol. The van der Waals surface area contributed by atoms with Crippen LogP contribution in [0.2, 0.25) is 0 Å². The van der Waals surface area contributed by atoms with Gasteiger partial charge in [0.2, 0.25) is 0 Å². The van der Waals surface area contributed by atoms with Crippen molar-refractivity contribution in [2.45, 2.75) is 0 Å². The molecule has 0 aliphatic heterocycles. The molecule has 0 fully saturated rings. The first-order chi connectivity index (χ1) is 24.3. The monoisotopic (exact) mass is 623 g/mol. The summed E-state index contributed by atoms with van der Waals surface area (Å²) in [4.78, 5) is 2.39. The van der Waals surface area contributed by atoms with E-state index in [1.807, 2.05) is 0 Å². The van der Waals surface area contributed by atoms with Gasteiger partial charge < -0.3 is 4.90 Å². The summed E-state index contributed by atoms with van der Waals surface area (Å²) in [5.41, 5.74) is 10.6. The molecule has 0 saturated carbocycles. The fourth-order valence-corrected chi connectivity index (χ4v) is 7.32. The first-order valence-electron chi connectivity index (χ1n) is 16.9. The summed E-state index contributed by atoms with van der Waals surface area (Å²) in [6.07, 6.45) is 0. The van der Waals surface area contributed by atoms with Crippen molar-refractivity contribution in [3.63, 3.8) is 0 Å².